The van der Waals surface area contributed by atoms with E-state index >= 15 is 0 Å². The lowest BCUT2D eigenvalue weighted by molar-refractivity contribution is -0.152. The number of nitrogens with zero attached hydrogens (tertiary/aromatic N) is 2. The minimum atomic E-state index is -3.97. The summed E-state index contributed by atoms with van der Waals surface area (Å²) < 4.78 is 50.0. The zero-order valence-electron chi connectivity index (χ0n) is 15.6. The number of carbonyl (C=O) groups excluding carboxylic acids is 2. The Morgan fingerprint density at radius 2 is 2.00 bits per heavy atom. The Hall–Kier alpha value is -2.79. The van der Waals surface area contributed by atoms with E-state index in [0.717, 1.165) is 10.4 Å². The molecule has 9 nitrogen and oxygen atoms in total. The Bertz CT molecular complexity index is 999. The van der Waals surface area contributed by atoms with E-state index in [1.165, 1.54) is 24.3 Å². The highest BCUT2D eigenvalue weighted by Gasteiger charge is 2.34. The molecule has 2 heterocycles. The number of anilines is 1. The first-order valence-corrected chi connectivity index (χ1v) is 10.4. The second-order valence-electron chi connectivity index (χ2n) is 6.60. The molecule has 1 fully saturated rings. The van der Waals surface area contributed by atoms with Crippen molar-refractivity contribution in [3.63, 3.8) is 0 Å². The van der Waals surface area contributed by atoms with Crippen LogP contribution >= 0.6 is 0 Å². The number of sulfonamides is 1. The maximum atomic E-state index is 13.9. The third-order valence-corrected chi connectivity index (χ3v) is 6.41. The van der Waals surface area contributed by atoms with Crippen LogP contribution in [0.2, 0.25) is 0 Å². The van der Waals surface area contributed by atoms with E-state index in [9.17, 15) is 22.4 Å². The van der Waals surface area contributed by atoms with Gasteiger partial charge in [-0.15, -0.1) is 0 Å². The Labute approximate surface area is 166 Å². The maximum Gasteiger partial charge on any atom is 0.309 e. The van der Waals surface area contributed by atoms with Crippen LogP contribution in [0.25, 0.3) is 0 Å². The lowest BCUT2D eigenvalue weighted by Gasteiger charge is -2.30. The number of ether oxygens (including phenoxy) is 1. The van der Waals surface area contributed by atoms with E-state index in [1.807, 2.05) is 0 Å². The summed E-state index contributed by atoms with van der Waals surface area (Å²) in [5.74, 6) is -2.37. The molecule has 0 radical (unpaired) electrons. The predicted molar refractivity (Wildman–Crippen MR) is 98.7 cm³/mol. The summed E-state index contributed by atoms with van der Waals surface area (Å²) >= 11 is 0. The SMILES string of the molecule is Cc1cc(NC(=O)COC(=O)C2CCN(S(=O)(=O)c3ccccc3F)CC2)on1. The number of benzene rings is 1. The quantitative estimate of drug-likeness (QED) is 0.700. The van der Waals surface area contributed by atoms with Crippen LogP contribution in [0.3, 0.4) is 0 Å². The molecule has 0 spiro atoms. The van der Waals surface area contributed by atoms with E-state index in [4.69, 9.17) is 9.26 Å². The number of esters is 1. The fraction of sp³-hybridized carbons (Fsp3) is 0.389. The van der Waals surface area contributed by atoms with Gasteiger partial charge in [0.2, 0.25) is 15.9 Å². The van der Waals surface area contributed by atoms with Gasteiger partial charge >= 0.3 is 5.97 Å². The number of halogens is 1. The van der Waals surface area contributed by atoms with Crippen molar-refractivity contribution in [1.29, 1.82) is 0 Å². The average Bonchev–Trinajstić information content (AvgIpc) is 3.11. The second-order valence-corrected chi connectivity index (χ2v) is 8.50. The van der Waals surface area contributed by atoms with Crippen molar-refractivity contribution in [1.82, 2.24) is 9.46 Å². The molecule has 1 aromatic heterocycles. The number of hydrogen-bond acceptors (Lipinski definition) is 7. The number of amides is 1. The summed E-state index contributed by atoms with van der Waals surface area (Å²) in [7, 11) is -3.97. The molecule has 1 saturated heterocycles. The second kappa shape index (κ2) is 8.70. The number of aryl methyl sites for hydroxylation is 1. The largest absolute Gasteiger partial charge is 0.455 e. The zero-order valence-corrected chi connectivity index (χ0v) is 16.4. The Balaban J connectivity index is 1.49. The first kappa shape index (κ1) is 20.9. The number of aromatic nitrogens is 1. The normalized spacial score (nSPS) is 15.8. The molecule has 1 N–H and O–H groups in total. The Kier molecular flexibility index (Phi) is 6.28. The molecule has 11 heteroatoms. The van der Waals surface area contributed by atoms with E-state index < -0.39 is 40.2 Å². The highest BCUT2D eigenvalue weighted by molar-refractivity contribution is 7.89. The van der Waals surface area contributed by atoms with Gasteiger partial charge in [0.05, 0.1) is 11.6 Å². The highest BCUT2D eigenvalue weighted by atomic mass is 32.2. The molecule has 1 amide bonds. The highest BCUT2D eigenvalue weighted by Crippen LogP contribution is 2.26. The standard InChI is InChI=1S/C18H20FN3O6S/c1-12-10-17(28-21-12)20-16(23)11-27-18(24)13-6-8-22(9-7-13)29(25,26)15-5-3-2-4-14(15)19/h2-5,10,13H,6-9,11H2,1H3,(H,20,23). The van der Waals surface area contributed by atoms with Gasteiger partial charge in [-0.05, 0) is 31.9 Å². The number of nitrogens with one attached hydrogen (secondary N) is 1. The van der Waals surface area contributed by atoms with Crippen LogP contribution in [0.4, 0.5) is 10.3 Å². The Morgan fingerprint density at radius 3 is 2.62 bits per heavy atom. The zero-order chi connectivity index (χ0) is 21.0. The first-order chi connectivity index (χ1) is 13.8. The lowest BCUT2D eigenvalue weighted by Crippen LogP contribution is -2.41. The van der Waals surface area contributed by atoms with Crippen LogP contribution in [-0.2, 0) is 24.3 Å². The monoisotopic (exact) mass is 425 g/mol. The predicted octanol–water partition coefficient (Wildman–Crippen LogP) is 1.70. The van der Waals surface area contributed by atoms with Crippen molar-refractivity contribution in [2.75, 3.05) is 25.0 Å². The summed E-state index contributed by atoms with van der Waals surface area (Å²) in [6.07, 6.45) is 0.435. The van der Waals surface area contributed by atoms with Gasteiger partial charge in [0.15, 0.2) is 6.61 Å². The molecule has 29 heavy (non-hydrogen) atoms. The van der Waals surface area contributed by atoms with Gasteiger partial charge in [0.1, 0.15) is 10.7 Å². The summed E-state index contributed by atoms with van der Waals surface area (Å²) in [4.78, 5) is 23.6. The molecule has 2 aromatic rings. The van der Waals surface area contributed by atoms with Gasteiger partial charge in [-0.1, -0.05) is 17.3 Å². The van der Waals surface area contributed by atoms with E-state index in [-0.39, 0.29) is 36.7 Å². The number of rotatable bonds is 6. The van der Waals surface area contributed by atoms with Crippen molar-refractivity contribution in [3.8, 4) is 0 Å². The van der Waals surface area contributed by atoms with Crippen LogP contribution in [0.15, 0.2) is 39.8 Å². The van der Waals surface area contributed by atoms with Crippen LogP contribution in [0.5, 0.6) is 0 Å². The van der Waals surface area contributed by atoms with Gasteiger partial charge in [-0.3, -0.25) is 14.9 Å². The molecule has 0 unspecified atom stereocenters. The molecule has 156 valence electrons. The summed E-state index contributed by atoms with van der Waals surface area (Å²) in [5.41, 5.74) is 0.592. The van der Waals surface area contributed by atoms with Crippen molar-refractivity contribution < 1.29 is 31.7 Å². The van der Waals surface area contributed by atoms with E-state index in [1.54, 1.807) is 6.92 Å². The average molecular weight is 425 g/mol. The summed E-state index contributed by atoms with van der Waals surface area (Å²) in [6.45, 7) is 1.31. The maximum absolute atomic E-state index is 13.9. The van der Waals surface area contributed by atoms with E-state index in [2.05, 4.69) is 10.5 Å². The minimum absolute atomic E-state index is 0.0555. The van der Waals surface area contributed by atoms with Gasteiger partial charge < -0.3 is 9.26 Å². The van der Waals surface area contributed by atoms with Gasteiger partial charge in [-0.25, -0.2) is 12.8 Å². The van der Waals surface area contributed by atoms with Crippen molar-refractivity contribution in [3.05, 3.63) is 41.8 Å². The van der Waals surface area contributed by atoms with Crippen molar-refractivity contribution in [2.45, 2.75) is 24.7 Å². The number of carbonyl (C=O) groups is 2. The molecule has 1 aromatic carbocycles. The fourth-order valence-electron chi connectivity index (χ4n) is 2.98. The van der Waals surface area contributed by atoms with Gasteiger partial charge in [0.25, 0.3) is 5.91 Å². The molecule has 0 saturated carbocycles. The minimum Gasteiger partial charge on any atom is -0.455 e. The molecule has 0 bridgehead atoms. The summed E-state index contributed by atoms with van der Waals surface area (Å²) in [5, 5.41) is 6.02. The number of piperidine rings is 1. The van der Waals surface area contributed by atoms with Crippen LogP contribution in [-0.4, -0.2) is 49.5 Å². The topological polar surface area (TPSA) is 119 Å². The van der Waals surface area contributed by atoms with Crippen LogP contribution in [0.1, 0.15) is 18.5 Å². The van der Waals surface area contributed by atoms with Crippen LogP contribution < -0.4 is 5.32 Å². The third kappa shape index (κ3) is 4.98. The van der Waals surface area contributed by atoms with E-state index in [0.29, 0.717) is 5.69 Å². The number of hydrogen-bond donors (Lipinski definition) is 1. The molecular weight excluding hydrogens is 405 g/mol. The molecule has 1 aliphatic heterocycles. The van der Waals surface area contributed by atoms with Gasteiger partial charge in [-0.2, -0.15) is 4.31 Å². The van der Waals surface area contributed by atoms with Crippen LogP contribution in [0, 0.1) is 18.7 Å². The molecule has 0 atom stereocenters. The first-order valence-electron chi connectivity index (χ1n) is 8.92. The molecule has 3 rings (SSSR count). The third-order valence-electron chi connectivity index (χ3n) is 4.48. The van der Waals surface area contributed by atoms with Crippen molar-refractivity contribution in [2.24, 2.45) is 5.92 Å². The Morgan fingerprint density at radius 1 is 1.31 bits per heavy atom. The molecule has 0 aliphatic carbocycles. The molecule has 1 aliphatic rings. The lowest BCUT2D eigenvalue weighted by atomic mass is 9.98. The molecular formula is C18H20FN3O6S. The fourth-order valence-corrected chi connectivity index (χ4v) is 4.51. The van der Waals surface area contributed by atoms with Gasteiger partial charge in [0, 0.05) is 19.2 Å². The smallest absolute Gasteiger partial charge is 0.309 e. The van der Waals surface area contributed by atoms with Crippen molar-refractivity contribution >= 4 is 27.8 Å². The summed E-state index contributed by atoms with van der Waals surface area (Å²) in [6, 6.07) is 6.68.